The minimum absolute atomic E-state index is 0.508. The molecule has 0 spiro atoms. The van der Waals surface area contributed by atoms with Crippen molar-refractivity contribution >= 4 is 17.1 Å². The van der Waals surface area contributed by atoms with Crippen molar-refractivity contribution < 1.29 is 0 Å². The van der Waals surface area contributed by atoms with Gasteiger partial charge in [0.25, 0.3) is 0 Å². The maximum atomic E-state index is 5.39. The lowest BCUT2D eigenvalue weighted by Gasteiger charge is -2.57. The van der Waals surface area contributed by atoms with Crippen molar-refractivity contribution in [3.05, 3.63) is 179 Å². The number of aryl methyl sites for hydroxylation is 1. The van der Waals surface area contributed by atoms with Crippen molar-refractivity contribution in [3.8, 4) is 0 Å². The molecule has 5 aromatic rings. The molecule has 1 fully saturated rings. The van der Waals surface area contributed by atoms with E-state index in [2.05, 4.69) is 151 Å². The summed E-state index contributed by atoms with van der Waals surface area (Å²) >= 11 is 0. The fraction of sp³-hybridized carbons (Fsp3) is 0.0833. The number of amidine groups is 1. The number of rotatable bonds is 4. The van der Waals surface area contributed by atoms with Crippen LogP contribution < -0.4 is 0 Å². The summed E-state index contributed by atoms with van der Waals surface area (Å²) in [4.78, 5) is 7.84. The quantitative estimate of drug-likeness (QED) is 0.248. The van der Waals surface area contributed by atoms with Gasteiger partial charge in [-0.3, -0.25) is 0 Å². The Bertz CT molecular complexity index is 1590. The molecule has 0 amide bonds. The Morgan fingerprint density at radius 3 is 1.66 bits per heavy atom. The number of benzene rings is 5. The lowest BCUT2D eigenvalue weighted by molar-refractivity contribution is 0.353. The van der Waals surface area contributed by atoms with E-state index in [0.29, 0.717) is 0 Å². The standard InChI is InChI=1S/C36H28N2/c1-26-22-23-32-29(24-26)25-38-34(33(27-14-6-2-7-15-27)28-16-8-3-9-17-28)36(35(38)37-32,30-18-10-4-11-19-30)31-20-12-5-13-21-31/h2-24H,25H2,1H3. The van der Waals surface area contributed by atoms with Gasteiger partial charge in [0.15, 0.2) is 0 Å². The van der Waals surface area contributed by atoms with Crippen molar-refractivity contribution in [3.63, 3.8) is 0 Å². The Kier molecular flexibility index (Phi) is 5.33. The van der Waals surface area contributed by atoms with Crippen LogP contribution >= 0.6 is 0 Å². The Balaban J connectivity index is 1.63. The molecule has 7 rings (SSSR count). The monoisotopic (exact) mass is 488 g/mol. The summed E-state index contributed by atoms with van der Waals surface area (Å²) in [7, 11) is 0. The van der Waals surface area contributed by atoms with Crippen molar-refractivity contribution in [2.75, 3.05) is 0 Å². The van der Waals surface area contributed by atoms with E-state index in [4.69, 9.17) is 4.99 Å². The Morgan fingerprint density at radius 2 is 1.13 bits per heavy atom. The van der Waals surface area contributed by atoms with Crippen molar-refractivity contribution in [2.24, 2.45) is 4.99 Å². The van der Waals surface area contributed by atoms with E-state index in [9.17, 15) is 0 Å². The van der Waals surface area contributed by atoms with Gasteiger partial charge in [0.05, 0.1) is 17.9 Å². The second-order valence-electron chi connectivity index (χ2n) is 10.1. The van der Waals surface area contributed by atoms with Crippen LogP contribution in [0.4, 0.5) is 5.69 Å². The molecule has 2 aliphatic rings. The number of aliphatic imine (C=N–C) groups is 1. The van der Waals surface area contributed by atoms with Crippen LogP contribution in [0.25, 0.3) is 5.57 Å². The smallest absolute Gasteiger partial charge is 0.131 e. The first kappa shape index (κ1) is 22.5. The van der Waals surface area contributed by atoms with E-state index in [1.54, 1.807) is 0 Å². The fourth-order valence-electron chi connectivity index (χ4n) is 6.14. The van der Waals surface area contributed by atoms with Crippen molar-refractivity contribution in [1.82, 2.24) is 4.90 Å². The maximum Gasteiger partial charge on any atom is 0.131 e. The second kappa shape index (κ2) is 9.00. The van der Waals surface area contributed by atoms with E-state index in [1.165, 1.54) is 44.7 Å². The zero-order valence-corrected chi connectivity index (χ0v) is 21.4. The third-order valence-electron chi connectivity index (χ3n) is 7.78. The van der Waals surface area contributed by atoms with E-state index < -0.39 is 5.41 Å². The SMILES string of the molecule is Cc1ccc2c(c1)CN1C(=N2)C(c2ccccc2)(c2ccccc2)C1=C(c1ccccc1)c1ccccc1. The summed E-state index contributed by atoms with van der Waals surface area (Å²) in [5, 5.41) is 0. The zero-order chi connectivity index (χ0) is 25.5. The van der Waals surface area contributed by atoms with E-state index in [1.807, 2.05) is 0 Å². The third kappa shape index (κ3) is 3.38. The first-order valence-electron chi connectivity index (χ1n) is 13.2. The molecule has 0 radical (unpaired) electrons. The molecule has 2 nitrogen and oxygen atoms in total. The van der Waals surface area contributed by atoms with Crippen LogP contribution in [0.15, 0.2) is 150 Å². The lowest BCUT2D eigenvalue weighted by atomic mass is 9.61. The van der Waals surface area contributed by atoms with Crippen LogP contribution in [0, 0.1) is 6.92 Å². The molecule has 0 aromatic heterocycles. The highest BCUT2D eigenvalue weighted by atomic mass is 15.3. The van der Waals surface area contributed by atoms with Gasteiger partial charge in [0.2, 0.25) is 0 Å². The summed E-state index contributed by atoms with van der Waals surface area (Å²) in [5.74, 6) is 1.09. The molecule has 5 aromatic carbocycles. The minimum Gasteiger partial charge on any atom is -0.325 e. The van der Waals surface area contributed by atoms with Gasteiger partial charge in [-0.1, -0.05) is 139 Å². The summed E-state index contributed by atoms with van der Waals surface area (Å²) in [6, 6.07) is 50.0. The molecule has 0 atom stereocenters. The number of hydrogen-bond acceptors (Lipinski definition) is 2. The zero-order valence-electron chi connectivity index (χ0n) is 21.4. The van der Waals surface area contributed by atoms with Crippen LogP contribution in [0.1, 0.15) is 33.4 Å². The van der Waals surface area contributed by atoms with Crippen LogP contribution in [0.2, 0.25) is 0 Å². The Labute approximate surface area is 224 Å². The predicted molar refractivity (Wildman–Crippen MR) is 156 cm³/mol. The summed E-state index contributed by atoms with van der Waals surface area (Å²) in [6.07, 6.45) is 0. The fourth-order valence-corrected chi connectivity index (χ4v) is 6.14. The van der Waals surface area contributed by atoms with E-state index in [0.717, 1.165) is 18.1 Å². The molecular weight excluding hydrogens is 460 g/mol. The molecular formula is C36H28N2. The van der Waals surface area contributed by atoms with Crippen LogP contribution in [0.3, 0.4) is 0 Å². The average molecular weight is 489 g/mol. The lowest BCUT2D eigenvalue weighted by Crippen LogP contribution is -2.63. The van der Waals surface area contributed by atoms with Gasteiger partial charge >= 0.3 is 0 Å². The average Bonchev–Trinajstić information content (AvgIpc) is 2.98. The molecule has 2 aliphatic heterocycles. The number of nitrogens with zero attached hydrogens (tertiary/aromatic N) is 2. The summed E-state index contributed by atoms with van der Waals surface area (Å²) in [6.45, 7) is 2.96. The third-order valence-corrected chi connectivity index (χ3v) is 7.78. The Hall–Kier alpha value is -4.69. The number of fused-ring (bicyclic) bond motifs is 2. The molecule has 0 bridgehead atoms. The molecule has 1 saturated heterocycles. The largest absolute Gasteiger partial charge is 0.325 e. The van der Waals surface area contributed by atoms with Gasteiger partial charge < -0.3 is 4.90 Å². The molecule has 2 heteroatoms. The van der Waals surface area contributed by atoms with Gasteiger partial charge in [-0.25, -0.2) is 4.99 Å². The molecule has 0 saturated carbocycles. The van der Waals surface area contributed by atoms with Crippen LogP contribution in [0.5, 0.6) is 0 Å². The summed E-state index contributed by atoms with van der Waals surface area (Å²) in [5.41, 5.74) is 10.5. The van der Waals surface area contributed by atoms with Crippen LogP contribution in [-0.2, 0) is 12.0 Å². The molecule has 0 N–H and O–H groups in total. The highest BCUT2D eigenvalue weighted by Gasteiger charge is 2.59. The van der Waals surface area contributed by atoms with Gasteiger partial charge in [0.1, 0.15) is 11.3 Å². The van der Waals surface area contributed by atoms with Crippen molar-refractivity contribution in [2.45, 2.75) is 18.9 Å². The van der Waals surface area contributed by atoms with Gasteiger partial charge in [0, 0.05) is 5.57 Å². The Morgan fingerprint density at radius 1 is 0.632 bits per heavy atom. The highest BCUT2D eigenvalue weighted by molar-refractivity contribution is 6.13. The molecule has 2 heterocycles. The summed E-state index contributed by atoms with van der Waals surface area (Å²) < 4.78 is 0. The minimum atomic E-state index is -0.508. The number of hydrogen-bond donors (Lipinski definition) is 0. The topological polar surface area (TPSA) is 15.6 Å². The molecule has 0 unspecified atom stereocenters. The van der Waals surface area contributed by atoms with Gasteiger partial charge in [-0.2, -0.15) is 0 Å². The van der Waals surface area contributed by atoms with E-state index >= 15 is 0 Å². The van der Waals surface area contributed by atoms with E-state index in [-0.39, 0.29) is 0 Å². The first-order chi connectivity index (χ1) is 18.8. The predicted octanol–water partition coefficient (Wildman–Crippen LogP) is 8.30. The normalized spacial score (nSPS) is 15.1. The second-order valence-corrected chi connectivity index (χ2v) is 10.1. The molecule has 182 valence electrons. The molecule has 0 aliphatic carbocycles. The first-order valence-corrected chi connectivity index (χ1v) is 13.2. The van der Waals surface area contributed by atoms with Crippen molar-refractivity contribution in [1.29, 1.82) is 0 Å². The molecule has 38 heavy (non-hydrogen) atoms. The van der Waals surface area contributed by atoms with Gasteiger partial charge in [-0.05, 0) is 40.8 Å². The van der Waals surface area contributed by atoms with Crippen LogP contribution in [-0.4, -0.2) is 10.7 Å². The van der Waals surface area contributed by atoms with Gasteiger partial charge in [-0.15, -0.1) is 0 Å². The maximum absolute atomic E-state index is 5.39. The highest BCUT2D eigenvalue weighted by Crippen LogP contribution is 2.57.